The molecule has 4 heteroatoms. The molecule has 0 aliphatic rings. The normalized spacial score (nSPS) is 11.9. The third kappa shape index (κ3) is 3.17. The average molecular weight is 249 g/mol. The SMILES string of the molecule is CC(C)(CCN)Cc1nc(-c2ccc[nH]2)cs1. The van der Waals surface area contributed by atoms with E-state index in [4.69, 9.17) is 5.73 Å². The lowest BCUT2D eigenvalue weighted by atomic mass is 9.86. The first-order valence-electron chi connectivity index (χ1n) is 5.89. The molecule has 2 aromatic rings. The molecule has 0 saturated heterocycles. The zero-order valence-electron chi connectivity index (χ0n) is 10.4. The zero-order chi connectivity index (χ0) is 12.3. The van der Waals surface area contributed by atoms with Gasteiger partial charge in [-0.2, -0.15) is 0 Å². The molecule has 92 valence electrons. The van der Waals surface area contributed by atoms with Crippen molar-refractivity contribution in [2.75, 3.05) is 6.54 Å². The fourth-order valence-electron chi connectivity index (χ4n) is 1.89. The van der Waals surface area contributed by atoms with Crippen molar-refractivity contribution in [3.63, 3.8) is 0 Å². The molecule has 0 saturated carbocycles. The molecule has 2 heterocycles. The second-order valence-corrected chi connectivity index (χ2v) is 6.03. The predicted molar refractivity (Wildman–Crippen MR) is 73.1 cm³/mol. The van der Waals surface area contributed by atoms with E-state index in [1.54, 1.807) is 11.3 Å². The zero-order valence-corrected chi connectivity index (χ0v) is 11.2. The van der Waals surface area contributed by atoms with E-state index in [0.29, 0.717) is 0 Å². The van der Waals surface area contributed by atoms with Crippen molar-refractivity contribution in [2.24, 2.45) is 11.1 Å². The minimum Gasteiger partial charge on any atom is -0.360 e. The van der Waals surface area contributed by atoms with Gasteiger partial charge in [-0.3, -0.25) is 0 Å². The van der Waals surface area contributed by atoms with E-state index in [9.17, 15) is 0 Å². The summed E-state index contributed by atoms with van der Waals surface area (Å²) in [4.78, 5) is 7.85. The van der Waals surface area contributed by atoms with Gasteiger partial charge in [0.1, 0.15) is 0 Å². The van der Waals surface area contributed by atoms with Gasteiger partial charge in [-0.1, -0.05) is 13.8 Å². The second-order valence-electron chi connectivity index (χ2n) is 5.09. The molecule has 0 radical (unpaired) electrons. The Morgan fingerprint density at radius 2 is 2.29 bits per heavy atom. The molecule has 0 unspecified atom stereocenters. The van der Waals surface area contributed by atoms with Crippen LogP contribution in [0, 0.1) is 5.41 Å². The third-order valence-corrected chi connectivity index (χ3v) is 3.73. The molecule has 0 atom stereocenters. The minimum absolute atomic E-state index is 0.236. The number of nitrogens with one attached hydrogen (secondary N) is 1. The molecule has 0 aliphatic heterocycles. The number of H-pyrrole nitrogens is 1. The monoisotopic (exact) mass is 249 g/mol. The van der Waals surface area contributed by atoms with Gasteiger partial charge in [-0.25, -0.2) is 4.98 Å². The summed E-state index contributed by atoms with van der Waals surface area (Å²) in [6, 6.07) is 4.04. The maximum atomic E-state index is 5.63. The second kappa shape index (κ2) is 5.02. The van der Waals surface area contributed by atoms with Crippen LogP contribution in [0.1, 0.15) is 25.3 Å². The van der Waals surface area contributed by atoms with Crippen molar-refractivity contribution in [1.29, 1.82) is 0 Å². The number of hydrogen-bond acceptors (Lipinski definition) is 3. The molecule has 0 aromatic carbocycles. The van der Waals surface area contributed by atoms with Crippen LogP contribution >= 0.6 is 11.3 Å². The maximum Gasteiger partial charge on any atom is 0.0976 e. The topological polar surface area (TPSA) is 54.7 Å². The number of nitrogens with zero attached hydrogens (tertiary/aromatic N) is 1. The van der Waals surface area contributed by atoms with Gasteiger partial charge in [0.25, 0.3) is 0 Å². The van der Waals surface area contributed by atoms with Gasteiger partial charge in [0.2, 0.25) is 0 Å². The summed E-state index contributed by atoms with van der Waals surface area (Å²) in [6.45, 7) is 5.23. The largest absolute Gasteiger partial charge is 0.360 e. The van der Waals surface area contributed by atoms with Gasteiger partial charge in [-0.15, -0.1) is 11.3 Å². The summed E-state index contributed by atoms with van der Waals surface area (Å²) in [5, 5.41) is 3.30. The summed E-state index contributed by atoms with van der Waals surface area (Å²) >= 11 is 1.73. The van der Waals surface area contributed by atoms with Crippen LogP contribution in [0.4, 0.5) is 0 Å². The van der Waals surface area contributed by atoms with Crippen LogP contribution in [0.25, 0.3) is 11.4 Å². The summed E-state index contributed by atoms with van der Waals surface area (Å²) in [5.41, 5.74) is 7.99. The lowest BCUT2D eigenvalue weighted by molar-refractivity contribution is 0.338. The molecule has 3 N–H and O–H groups in total. The molecule has 17 heavy (non-hydrogen) atoms. The molecule has 0 amide bonds. The van der Waals surface area contributed by atoms with E-state index >= 15 is 0 Å². The van der Waals surface area contributed by atoms with Crippen molar-refractivity contribution >= 4 is 11.3 Å². The van der Waals surface area contributed by atoms with Crippen molar-refractivity contribution in [3.8, 4) is 11.4 Å². The lowest BCUT2D eigenvalue weighted by Crippen LogP contribution is -2.19. The van der Waals surface area contributed by atoms with Crippen molar-refractivity contribution in [3.05, 3.63) is 28.7 Å². The highest BCUT2D eigenvalue weighted by Gasteiger charge is 2.19. The Morgan fingerprint density at radius 3 is 2.94 bits per heavy atom. The summed E-state index contributed by atoms with van der Waals surface area (Å²) in [5.74, 6) is 0. The number of aromatic amines is 1. The third-order valence-electron chi connectivity index (χ3n) is 2.88. The van der Waals surface area contributed by atoms with E-state index < -0.39 is 0 Å². The van der Waals surface area contributed by atoms with Gasteiger partial charge in [0.15, 0.2) is 0 Å². The molecular formula is C13H19N3S. The highest BCUT2D eigenvalue weighted by molar-refractivity contribution is 7.09. The minimum atomic E-state index is 0.236. The molecular weight excluding hydrogens is 230 g/mol. The summed E-state index contributed by atoms with van der Waals surface area (Å²) < 4.78 is 0. The lowest BCUT2D eigenvalue weighted by Gasteiger charge is -2.22. The first kappa shape index (κ1) is 12.3. The number of thiazole rings is 1. The Labute approximate surface area is 106 Å². The Bertz CT molecular complexity index is 457. The Hall–Kier alpha value is -1.13. The summed E-state index contributed by atoms with van der Waals surface area (Å²) in [7, 11) is 0. The molecule has 2 aromatic heterocycles. The summed E-state index contributed by atoms with van der Waals surface area (Å²) in [6.07, 6.45) is 3.95. The van der Waals surface area contributed by atoms with Crippen LogP contribution in [-0.2, 0) is 6.42 Å². The van der Waals surface area contributed by atoms with Crippen molar-refractivity contribution in [2.45, 2.75) is 26.7 Å². The first-order valence-corrected chi connectivity index (χ1v) is 6.77. The fourth-order valence-corrected chi connectivity index (χ4v) is 2.95. The van der Waals surface area contributed by atoms with Crippen molar-refractivity contribution < 1.29 is 0 Å². The average Bonchev–Trinajstić information content (AvgIpc) is 2.85. The Kier molecular flexibility index (Phi) is 3.64. The van der Waals surface area contributed by atoms with E-state index in [1.165, 1.54) is 5.01 Å². The van der Waals surface area contributed by atoms with Gasteiger partial charge in [0, 0.05) is 18.0 Å². The van der Waals surface area contributed by atoms with Crippen LogP contribution in [0.15, 0.2) is 23.7 Å². The first-order chi connectivity index (χ1) is 8.11. The molecule has 0 spiro atoms. The number of hydrogen-bond donors (Lipinski definition) is 2. The fraction of sp³-hybridized carbons (Fsp3) is 0.462. The molecule has 0 aliphatic carbocycles. The Morgan fingerprint density at radius 1 is 1.47 bits per heavy atom. The standard InChI is InChI=1S/C13H19N3S/c1-13(2,5-6-14)8-12-16-11(9-17-12)10-4-3-7-15-10/h3-4,7,9,15H,5-6,8,14H2,1-2H3. The maximum absolute atomic E-state index is 5.63. The van der Waals surface area contributed by atoms with Crippen LogP contribution in [0.5, 0.6) is 0 Å². The number of rotatable bonds is 5. The highest BCUT2D eigenvalue weighted by atomic mass is 32.1. The number of aromatic nitrogens is 2. The van der Waals surface area contributed by atoms with Crippen LogP contribution < -0.4 is 5.73 Å². The molecule has 0 fully saturated rings. The molecule has 0 bridgehead atoms. The highest BCUT2D eigenvalue weighted by Crippen LogP contribution is 2.28. The van der Waals surface area contributed by atoms with Gasteiger partial charge in [-0.05, 0) is 30.5 Å². The van der Waals surface area contributed by atoms with Crippen molar-refractivity contribution in [1.82, 2.24) is 9.97 Å². The van der Waals surface area contributed by atoms with E-state index in [0.717, 1.165) is 30.8 Å². The van der Waals surface area contributed by atoms with Gasteiger partial charge >= 0.3 is 0 Å². The van der Waals surface area contributed by atoms with Crippen LogP contribution in [0.2, 0.25) is 0 Å². The number of nitrogens with two attached hydrogens (primary N) is 1. The molecule has 2 rings (SSSR count). The van der Waals surface area contributed by atoms with Crippen LogP contribution in [0.3, 0.4) is 0 Å². The predicted octanol–water partition coefficient (Wildman–Crippen LogP) is 3.06. The van der Waals surface area contributed by atoms with E-state index in [2.05, 4.69) is 29.2 Å². The van der Waals surface area contributed by atoms with E-state index in [-0.39, 0.29) is 5.41 Å². The van der Waals surface area contributed by atoms with Gasteiger partial charge in [0.05, 0.1) is 16.4 Å². The molecule has 3 nitrogen and oxygen atoms in total. The van der Waals surface area contributed by atoms with Crippen LogP contribution in [-0.4, -0.2) is 16.5 Å². The smallest absolute Gasteiger partial charge is 0.0976 e. The quantitative estimate of drug-likeness (QED) is 0.855. The van der Waals surface area contributed by atoms with Gasteiger partial charge < -0.3 is 10.7 Å². The van der Waals surface area contributed by atoms with E-state index in [1.807, 2.05) is 18.3 Å². The Balaban J connectivity index is 2.09.